The molecule has 3 aromatic heterocycles. The van der Waals surface area contributed by atoms with E-state index in [2.05, 4.69) is 88.7 Å². The molecule has 6 atom stereocenters. The Morgan fingerprint density at radius 2 is 0.912 bits per heavy atom. The van der Waals surface area contributed by atoms with Gasteiger partial charge in [-0.1, -0.05) is 60.3 Å². The molecule has 102 heavy (non-hydrogen) atoms. The fourth-order valence-electron chi connectivity index (χ4n) is 14.4. The summed E-state index contributed by atoms with van der Waals surface area (Å²) in [5.74, 6) is 2.33. The molecule has 3 aliphatic carbocycles. The Morgan fingerprint density at radius 1 is 0.569 bits per heavy atom. The van der Waals surface area contributed by atoms with Crippen molar-refractivity contribution in [3.63, 3.8) is 0 Å². The van der Waals surface area contributed by atoms with E-state index in [4.69, 9.17) is 38.6 Å². The van der Waals surface area contributed by atoms with Gasteiger partial charge >= 0.3 is 45.0 Å². The molecule has 6 aliphatic heterocycles. The number of piperidine rings is 3. The number of amides is 7. The Labute approximate surface area is 596 Å². The number of carbonyl (C=O) groups excluding carboxylic acids is 4. The lowest BCUT2D eigenvalue weighted by molar-refractivity contribution is -0.929. The number of fused-ring (bicyclic) bond motifs is 6. The first-order valence-electron chi connectivity index (χ1n) is 35.7. The van der Waals surface area contributed by atoms with Gasteiger partial charge in [-0.05, 0) is 129 Å². The predicted molar refractivity (Wildman–Crippen MR) is 357 cm³/mol. The van der Waals surface area contributed by atoms with Gasteiger partial charge in [-0.2, -0.15) is 36.3 Å². The molecule has 9 aliphatic rings. The van der Waals surface area contributed by atoms with Gasteiger partial charge < -0.3 is 63.8 Å². The van der Waals surface area contributed by atoms with Crippen molar-refractivity contribution in [2.24, 2.45) is 17.4 Å². The van der Waals surface area contributed by atoms with E-state index < -0.39 is 97.2 Å². The number of rotatable bonds is 30. The standard InChI is InChI=1S/C19H29N5O8S.C16H36N.2C13H20N6O6S/c1-11-7-13(8-11)22(18(26)31-19(2,3)4)10-15-20-21-16(30-15)14-6-5-12-9-23(14)17(25)24(12)32-33(27,28)29;1-5-9-13-17(14-10-6-2,15-11-7-3)16-12-8-4;2*14-7-3-8(4-7)15-5-11-16-17-12(24-11)10-2-1-9-6-18(10)13(20)19(9)25-26(21,22)23/h11-14H,5-10H2,1-4H3,(H,27,28,29);5-16H2,1-4H3;2*7-10,15H,1-6,14H2,(H,21,22,23)/q;+1;;/p-1/t11?,12-,13?,14+;;2*7?,8?,9-,10+/m1.11/s1. The highest BCUT2D eigenvalue weighted by Crippen LogP contribution is 2.42. The van der Waals surface area contributed by atoms with E-state index in [0.29, 0.717) is 108 Å². The number of nitrogens with one attached hydrogen (secondary N) is 2. The number of nitrogens with zero attached hydrogens (tertiary/aromatic N) is 14. The van der Waals surface area contributed by atoms with Crippen molar-refractivity contribution in [2.45, 2.75) is 276 Å². The minimum atomic E-state index is -5.07. The average molecular weight is 1510 g/mol. The van der Waals surface area contributed by atoms with Crippen LogP contribution in [0.3, 0.4) is 0 Å². The lowest BCUT2D eigenvalue weighted by Crippen LogP contribution is -2.50. The second kappa shape index (κ2) is 34.4. The summed E-state index contributed by atoms with van der Waals surface area (Å²) < 4.78 is 131. The number of quaternary nitrogens is 1. The average Bonchev–Trinajstić information content (AvgIpc) is 1.64. The SMILES string of the molecule is CC1CC(N(Cc2nnc([C@@H]3CC[C@@H]4CN3C(=O)N4OS(=O)(=O)[O-])o2)C(=O)OC(C)(C)C)C1.CCCC[N+](CCCC)(CCCC)CCCC.NC1CC(NCc2nnc([C@@H]3CC[C@@H]4CN3C(=O)N4OS(=O)(=O)O)o2)C1.NC1CC(NCc2nnc([C@@H]3CC[C@@H]4CN3C(=O)N4OS(=O)(=O)O)o2)C1. The summed E-state index contributed by atoms with van der Waals surface area (Å²) in [5.41, 5.74) is 10.8. The quantitative estimate of drug-likeness (QED) is 0.0269. The topological polar surface area (TPSA) is 487 Å². The molecular formula is C61H104N18O20S3. The molecule has 0 aromatic carbocycles. The normalized spacial score (nSPS) is 26.9. The molecule has 0 radical (unpaired) electrons. The first kappa shape index (κ1) is 80.0. The van der Waals surface area contributed by atoms with Crippen molar-refractivity contribution in [3.05, 3.63) is 35.3 Å². The number of aromatic nitrogens is 6. The van der Waals surface area contributed by atoms with Crippen LogP contribution in [0.2, 0.25) is 0 Å². The van der Waals surface area contributed by atoms with Gasteiger partial charge in [0.05, 0.1) is 57.4 Å². The molecule has 7 amide bonds. The van der Waals surface area contributed by atoms with Gasteiger partial charge in [-0.15, -0.1) is 39.2 Å². The van der Waals surface area contributed by atoms with E-state index in [0.717, 1.165) is 38.5 Å². The van der Waals surface area contributed by atoms with Crippen LogP contribution >= 0.6 is 0 Å². The first-order valence-corrected chi connectivity index (χ1v) is 39.8. The van der Waals surface area contributed by atoms with E-state index in [1.807, 2.05) is 0 Å². The molecule has 0 spiro atoms. The Kier molecular flexibility index (Phi) is 27.0. The van der Waals surface area contributed by atoms with Gasteiger partial charge in [-0.3, -0.25) is 14.0 Å². The summed E-state index contributed by atoms with van der Waals surface area (Å²) in [4.78, 5) is 55.9. The van der Waals surface area contributed by atoms with E-state index in [1.54, 1.807) is 25.7 Å². The highest BCUT2D eigenvalue weighted by atomic mass is 32.3. The second-order valence-electron chi connectivity index (χ2n) is 29.2. The minimum Gasteiger partial charge on any atom is -0.724 e. The summed E-state index contributed by atoms with van der Waals surface area (Å²) >= 11 is 0. The van der Waals surface area contributed by atoms with Gasteiger partial charge in [0, 0.05) is 49.8 Å². The van der Waals surface area contributed by atoms with Crippen LogP contribution in [-0.2, 0) is 68.4 Å². The van der Waals surface area contributed by atoms with Crippen LogP contribution in [0.15, 0.2) is 13.3 Å². The van der Waals surface area contributed by atoms with Crippen LogP contribution in [0.25, 0.3) is 0 Å². The summed E-state index contributed by atoms with van der Waals surface area (Å²) in [5, 5.41) is 32.7. The summed E-state index contributed by atoms with van der Waals surface area (Å²) in [6.45, 7) is 24.1. The number of ether oxygens (including phenoxy) is 1. The number of nitrogens with two attached hydrogens (primary N) is 2. The Balaban J connectivity index is 0.000000162. The largest absolute Gasteiger partial charge is 0.724 e. The zero-order valence-corrected chi connectivity index (χ0v) is 62.0. The van der Waals surface area contributed by atoms with E-state index >= 15 is 0 Å². The van der Waals surface area contributed by atoms with Gasteiger partial charge in [0.15, 0.2) is 0 Å². The number of unbranched alkanes of at least 4 members (excludes halogenated alkanes) is 4. The minimum absolute atomic E-state index is 0.0144. The zero-order chi connectivity index (χ0) is 74.1. The maximum Gasteiger partial charge on any atom is 0.418 e. The molecular weight excluding hydrogens is 1400 g/mol. The van der Waals surface area contributed by atoms with Crippen LogP contribution in [0.4, 0.5) is 19.2 Å². The fourth-order valence-corrected chi connectivity index (χ4v) is 15.5. The molecule has 576 valence electrons. The van der Waals surface area contributed by atoms with E-state index in [1.165, 1.54) is 96.7 Å². The monoisotopic (exact) mass is 1500 g/mol. The summed E-state index contributed by atoms with van der Waals surface area (Å²) in [7, 11) is -14.6. The number of urea groups is 3. The van der Waals surface area contributed by atoms with Crippen LogP contribution in [0.1, 0.15) is 237 Å². The Bertz CT molecular complexity index is 3450. The second-order valence-corrected chi connectivity index (χ2v) is 32.2. The number of carbonyl (C=O) groups is 4. The van der Waals surface area contributed by atoms with Gasteiger partial charge in [-0.25, -0.2) is 27.6 Å². The van der Waals surface area contributed by atoms with E-state index in [9.17, 15) is 49.0 Å². The maximum atomic E-state index is 12.8. The molecule has 6 saturated heterocycles. The van der Waals surface area contributed by atoms with Crippen LogP contribution in [0, 0.1) is 5.92 Å². The number of hydrogen-bond acceptors (Lipinski definition) is 28. The lowest BCUT2D eigenvalue weighted by atomic mass is 9.81. The molecule has 38 nitrogen and oxygen atoms in total. The maximum absolute atomic E-state index is 12.8. The lowest BCUT2D eigenvalue weighted by Gasteiger charge is -2.41. The van der Waals surface area contributed by atoms with Crippen LogP contribution in [0.5, 0.6) is 0 Å². The zero-order valence-electron chi connectivity index (χ0n) is 59.5. The third-order valence-corrected chi connectivity index (χ3v) is 20.9. The molecule has 6 bridgehead atoms. The number of hydrogen-bond donors (Lipinski definition) is 6. The fraction of sp³-hybridized carbons (Fsp3) is 0.836. The molecule has 0 unspecified atom stereocenters. The summed E-state index contributed by atoms with van der Waals surface area (Å²) in [6, 6.07) is -3.80. The molecule has 9 fully saturated rings. The van der Waals surface area contributed by atoms with Crippen molar-refractivity contribution < 1.29 is 93.4 Å². The summed E-state index contributed by atoms with van der Waals surface area (Å²) in [6.07, 6.45) is 18.8. The van der Waals surface area contributed by atoms with Crippen molar-refractivity contribution in [3.8, 4) is 0 Å². The smallest absolute Gasteiger partial charge is 0.418 e. The molecule has 8 N–H and O–H groups in total. The van der Waals surface area contributed by atoms with Crippen LogP contribution < -0.4 is 22.1 Å². The van der Waals surface area contributed by atoms with Gasteiger partial charge in [0.1, 0.15) is 30.3 Å². The molecule has 41 heteroatoms. The first-order chi connectivity index (χ1) is 48.1. The highest BCUT2D eigenvalue weighted by Gasteiger charge is 2.52. The molecule has 12 rings (SSSR count). The van der Waals surface area contributed by atoms with E-state index in [-0.39, 0.29) is 56.1 Å². The molecule has 3 aromatic rings. The van der Waals surface area contributed by atoms with Gasteiger partial charge in [0.2, 0.25) is 45.7 Å². The third-order valence-electron chi connectivity index (χ3n) is 19.9. The molecule has 3 saturated carbocycles. The number of hydroxylamine groups is 6. The molecule has 9 heterocycles. The van der Waals surface area contributed by atoms with Crippen molar-refractivity contribution in [1.29, 1.82) is 0 Å². The van der Waals surface area contributed by atoms with Crippen LogP contribution in [-0.4, -0.2) is 233 Å². The van der Waals surface area contributed by atoms with Crippen molar-refractivity contribution >= 4 is 55.4 Å². The van der Waals surface area contributed by atoms with Gasteiger partial charge in [0.25, 0.3) is 0 Å². The third kappa shape index (κ3) is 21.6. The Morgan fingerprint density at radius 3 is 1.23 bits per heavy atom. The Hall–Kier alpha value is -6.09. The predicted octanol–water partition coefficient (Wildman–Crippen LogP) is 5.59. The van der Waals surface area contributed by atoms with Crippen molar-refractivity contribution in [1.82, 2.24) is 76.0 Å². The highest BCUT2D eigenvalue weighted by molar-refractivity contribution is 7.81. The van der Waals surface area contributed by atoms with Crippen molar-refractivity contribution in [2.75, 3.05) is 45.8 Å².